The fraction of sp³-hybridized carbons (Fsp3) is 0.261. The van der Waals surface area contributed by atoms with Crippen LogP contribution in [0.3, 0.4) is 0 Å². The van der Waals surface area contributed by atoms with Gasteiger partial charge < -0.3 is 14.2 Å². The van der Waals surface area contributed by atoms with E-state index in [0.717, 1.165) is 29.4 Å². The molecule has 28 heavy (non-hydrogen) atoms. The van der Waals surface area contributed by atoms with Gasteiger partial charge in [-0.1, -0.05) is 55.1 Å². The van der Waals surface area contributed by atoms with Gasteiger partial charge in [0.2, 0.25) is 5.88 Å². The smallest absolute Gasteiger partial charge is 0.348 e. The first kappa shape index (κ1) is 17.4. The molecule has 142 valence electrons. The van der Waals surface area contributed by atoms with Crippen molar-refractivity contribution in [2.75, 3.05) is 5.32 Å². The highest BCUT2D eigenvalue weighted by Gasteiger charge is 2.24. The number of para-hydroxylation sites is 1. The predicted octanol–water partition coefficient (Wildman–Crippen LogP) is 6.60. The van der Waals surface area contributed by atoms with E-state index in [1.165, 1.54) is 19.3 Å². The Hall–Kier alpha value is -2.72. The normalized spacial score (nSPS) is 15.3. The zero-order chi connectivity index (χ0) is 19.1. The number of hydrogen-bond acceptors (Lipinski definition) is 4. The molecule has 5 rings (SSSR count). The summed E-state index contributed by atoms with van der Waals surface area (Å²) in [6, 6.07) is 15.3. The first-order chi connectivity index (χ1) is 13.7. The minimum Gasteiger partial charge on any atom is -0.439 e. The molecule has 1 saturated carbocycles. The van der Waals surface area contributed by atoms with Crippen LogP contribution < -0.4 is 10.9 Å². The molecular weight excluding hydrogens is 374 g/mol. The number of benzene rings is 2. The van der Waals surface area contributed by atoms with Crippen molar-refractivity contribution in [1.29, 1.82) is 0 Å². The molecule has 0 amide bonds. The van der Waals surface area contributed by atoms with Crippen molar-refractivity contribution in [3.8, 4) is 11.1 Å². The summed E-state index contributed by atoms with van der Waals surface area (Å²) in [6.45, 7) is 0. The van der Waals surface area contributed by atoms with Crippen LogP contribution in [0, 0.1) is 0 Å². The zero-order valence-electron chi connectivity index (χ0n) is 15.3. The number of halogens is 1. The third-order valence-corrected chi connectivity index (χ3v) is 5.77. The summed E-state index contributed by atoms with van der Waals surface area (Å²) in [5.74, 6) is 0.632. The topological polar surface area (TPSA) is 55.4 Å². The molecule has 5 heteroatoms. The standard InChI is InChI=1S/C23H20ClNO3/c24-15-12-10-14(11-13-15)19-20-21(17-8-4-5-9-18(17)27-23(20)26)28-22(19)25-16-6-2-1-3-7-16/h4-5,8-13,16,25H,1-3,6-7H2. The van der Waals surface area contributed by atoms with Gasteiger partial charge in [-0.2, -0.15) is 0 Å². The second kappa shape index (κ2) is 7.02. The molecule has 1 N–H and O–H groups in total. The summed E-state index contributed by atoms with van der Waals surface area (Å²) in [4.78, 5) is 12.9. The second-order valence-corrected chi connectivity index (χ2v) is 7.82. The Morgan fingerprint density at radius 3 is 2.46 bits per heavy atom. The molecule has 4 aromatic rings. The van der Waals surface area contributed by atoms with Crippen molar-refractivity contribution in [2.45, 2.75) is 38.1 Å². The number of furan rings is 1. The molecule has 0 saturated heterocycles. The lowest BCUT2D eigenvalue weighted by molar-refractivity contribution is 0.453. The number of hydrogen-bond donors (Lipinski definition) is 1. The Morgan fingerprint density at radius 2 is 1.68 bits per heavy atom. The minimum absolute atomic E-state index is 0.346. The molecule has 0 spiro atoms. The summed E-state index contributed by atoms with van der Waals surface area (Å²) in [6.07, 6.45) is 5.90. The van der Waals surface area contributed by atoms with Gasteiger partial charge in [0.15, 0.2) is 5.58 Å². The van der Waals surface area contributed by atoms with Crippen molar-refractivity contribution in [2.24, 2.45) is 0 Å². The Kier molecular flexibility index (Phi) is 4.36. The van der Waals surface area contributed by atoms with E-state index < -0.39 is 0 Å². The Bertz CT molecular complexity index is 1200. The van der Waals surface area contributed by atoms with Gasteiger partial charge in [-0.3, -0.25) is 0 Å². The molecule has 0 aliphatic heterocycles. The van der Waals surface area contributed by atoms with Crippen molar-refractivity contribution in [3.63, 3.8) is 0 Å². The van der Waals surface area contributed by atoms with Crippen molar-refractivity contribution < 1.29 is 8.83 Å². The molecule has 1 fully saturated rings. The van der Waals surface area contributed by atoms with Crippen LogP contribution in [0.25, 0.3) is 33.1 Å². The SMILES string of the molecule is O=c1oc2ccccc2c2oc(NC3CCCCC3)c(-c3ccc(Cl)cc3)c12. The summed E-state index contributed by atoms with van der Waals surface area (Å²) < 4.78 is 11.9. The molecule has 1 aliphatic rings. The second-order valence-electron chi connectivity index (χ2n) is 7.38. The van der Waals surface area contributed by atoms with E-state index in [1.807, 2.05) is 42.5 Å². The van der Waals surface area contributed by atoms with Gasteiger partial charge in [-0.15, -0.1) is 0 Å². The van der Waals surface area contributed by atoms with E-state index in [4.69, 9.17) is 20.4 Å². The van der Waals surface area contributed by atoms with Crippen LogP contribution >= 0.6 is 11.6 Å². The van der Waals surface area contributed by atoms with Crippen molar-refractivity contribution in [3.05, 3.63) is 64.0 Å². The van der Waals surface area contributed by atoms with Gasteiger partial charge in [0, 0.05) is 11.1 Å². The van der Waals surface area contributed by atoms with Gasteiger partial charge in [0.25, 0.3) is 0 Å². The van der Waals surface area contributed by atoms with Crippen LogP contribution in [-0.4, -0.2) is 6.04 Å². The highest BCUT2D eigenvalue weighted by atomic mass is 35.5. The zero-order valence-corrected chi connectivity index (χ0v) is 16.1. The highest BCUT2D eigenvalue weighted by molar-refractivity contribution is 6.30. The van der Waals surface area contributed by atoms with Gasteiger partial charge >= 0.3 is 5.63 Å². The van der Waals surface area contributed by atoms with E-state index in [1.54, 1.807) is 6.07 Å². The molecule has 2 aromatic carbocycles. The summed E-state index contributed by atoms with van der Waals surface area (Å²) in [5, 5.41) is 5.48. The first-order valence-electron chi connectivity index (χ1n) is 9.71. The molecule has 2 heterocycles. The first-order valence-corrected chi connectivity index (χ1v) is 10.1. The molecule has 0 atom stereocenters. The predicted molar refractivity (Wildman–Crippen MR) is 113 cm³/mol. The van der Waals surface area contributed by atoms with E-state index in [9.17, 15) is 4.79 Å². The molecule has 4 nitrogen and oxygen atoms in total. The number of fused-ring (bicyclic) bond motifs is 3. The summed E-state index contributed by atoms with van der Waals surface area (Å²) in [7, 11) is 0. The number of anilines is 1. The summed E-state index contributed by atoms with van der Waals surface area (Å²) in [5.41, 5.74) is 2.33. The lowest BCUT2D eigenvalue weighted by Crippen LogP contribution is -2.22. The van der Waals surface area contributed by atoms with E-state index in [0.29, 0.717) is 33.5 Å². The maximum absolute atomic E-state index is 12.9. The molecular formula is C23H20ClNO3. The third kappa shape index (κ3) is 2.98. The molecule has 2 aromatic heterocycles. The average Bonchev–Trinajstić information content (AvgIpc) is 3.09. The van der Waals surface area contributed by atoms with Gasteiger partial charge in [-0.25, -0.2) is 4.79 Å². The Balaban J connectivity index is 1.77. The van der Waals surface area contributed by atoms with Gasteiger partial charge in [0.1, 0.15) is 11.0 Å². The number of nitrogens with one attached hydrogen (secondary N) is 1. The molecule has 0 radical (unpaired) electrons. The molecule has 0 unspecified atom stereocenters. The van der Waals surface area contributed by atoms with Crippen LogP contribution in [0.15, 0.2) is 62.2 Å². The molecule has 0 bridgehead atoms. The van der Waals surface area contributed by atoms with Gasteiger partial charge in [0.05, 0.1) is 10.9 Å². The van der Waals surface area contributed by atoms with Crippen molar-refractivity contribution in [1.82, 2.24) is 0 Å². The van der Waals surface area contributed by atoms with E-state index in [2.05, 4.69) is 5.32 Å². The summed E-state index contributed by atoms with van der Waals surface area (Å²) >= 11 is 6.08. The maximum Gasteiger partial charge on any atom is 0.348 e. The van der Waals surface area contributed by atoms with Crippen LogP contribution in [0.4, 0.5) is 5.88 Å². The Labute approximate surface area is 167 Å². The quantitative estimate of drug-likeness (QED) is 0.398. The van der Waals surface area contributed by atoms with E-state index >= 15 is 0 Å². The lowest BCUT2D eigenvalue weighted by Gasteiger charge is -2.23. The number of rotatable bonds is 3. The van der Waals surface area contributed by atoms with Crippen LogP contribution in [-0.2, 0) is 0 Å². The van der Waals surface area contributed by atoms with Crippen molar-refractivity contribution >= 4 is 39.4 Å². The van der Waals surface area contributed by atoms with E-state index in [-0.39, 0.29) is 5.63 Å². The minimum atomic E-state index is -0.390. The largest absolute Gasteiger partial charge is 0.439 e. The third-order valence-electron chi connectivity index (χ3n) is 5.52. The highest BCUT2D eigenvalue weighted by Crippen LogP contribution is 2.41. The maximum atomic E-state index is 12.9. The monoisotopic (exact) mass is 393 g/mol. The van der Waals surface area contributed by atoms with Crippen LogP contribution in [0.2, 0.25) is 5.02 Å². The van der Waals surface area contributed by atoms with Gasteiger partial charge in [-0.05, 0) is 42.7 Å². The average molecular weight is 394 g/mol. The molecule has 1 aliphatic carbocycles. The fourth-order valence-electron chi connectivity index (χ4n) is 4.14. The van der Waals surface area contributed by atoms with Crippen LogP contribution in [0.1, 0.15) is 32.1 Å². The Morgan fingerprint density at radius 1 is 0.929 bits per heavy atom. The van der Waals surface area contributed by atoms with Crippen LogP contribution in [0.5, 0.6) is 0 Å². The lowest BCUT2D eigenvalue weighted by atomic mass is 9.95. The fourth-order valence-corrected chi connectivity index (χ4v) is 4.26.